The summed E-state index contributed by atoms with van der Waals surface area (Å²) in [5, 5.41) is 8.98. The lowest BCUT2D eigenvalue weighted by atomic mass is 10.1. The molecule has 14 heavy (non-hydrogen) atoms. The molecule has 0 aromatic heterocycles. The monoisotopic (exact) mass is 213 g/mol. The number of benzene rings is 1. The number of carboxylic acid groups (broad SMARTS) is 1. The standard InChI is InChI=1S/C10H12ClNO2/c11-8-5-4-7(6-9(8)12)2-1-3-10(13)14/h4-6H,1-3,12H2,(H,13,14). The van der Waals surface area contributed by atoms with Crippen LogP contribution in [-0.2, 0) is 11.2 Å². The molecule has 3 N–H and O–H groups in total. The van der Waals surface area contributed by atoms with Gasteiger partial charge in [-0.15, -0.1) is 0 Å². The molecule has 1 rings (SSSR count). The Hall–Kier alpha value is -1.22. The number of rotatable bonds is 4. The number of aliphatic carboxylic acids is 1. The van der Waals surface area contributed by atoms with E-state index < -0.39 is 5.97 Å². The van der Waals surface area contributed by atoms with Crippen LogP contribution in [0.3, 0.4) is 0 Å². The van der Waals surface area contributed by atoms with Crippen LogP contribution in [-0.4, -0.2) is 11.1 Å². The summed E-state index contributed by atoms with van der Waals surface area (Å²) in [5.74, 6) is -0.771. The molecule has 0 aliphatic carbocycles. The van der Waals surface area contributed by atoms with Crippen molar-refractivity contribution in [1.29, 1.82) is 0 Å². The topological polar surface area (TPSA) is 63.3 Å². The van der Waals surface area contributed by atoms with Crippen molar-refractivity contribution < 1.29 is 9.90 Å². The fraction of sp³-hybridized carbons (Fsp3) is 0.300. The minimum atomic E-state index is -0.771. The Bertz CT molecular complexity index is 339. The molecule has 0 atom stereocenters. The van der Waals surface area contributed by atoms with Crippen molar-refractivity contribution >= 4 is 23.3 Å². The second-order valence-electron chi connectivity index (χ2n) is 3.10. The number of nitrogens with two attached hydrogens (primary N) is 1. The normalized spacial score (nSPS) is 10.1. The average molecular weight is 214 g/mol. The maximum atomic E-state index is 10.3. The van der Waals surface area contributed by atoms with Gasteiger partial charge in [0.15, 0.2) is 0 Å². The van der Waals surface area contributed by atoms with E-state index in [2.05, 4.69) is 0 Å². The molecule has 0 aliphatic rings. The predicted octanol–water partition coefficient (Wildman–Crippen LogP) is 2.33. The minimum absolute atomic E-state index is 0.183. The van der Waals surface area contributed by atoms with Crippen molar-refractivity contribution in [3.8, 4) is 0 Å². The quantitative estimate of drug-likeness (QED) is 0.755. The Morgan fingerprint density at radius 2 is 2.21 bits per heavy atom. The van der Waals surface area contributed by atoms with Crippen LogP contribution in [0.15, 0.2) is 18.2 Å². The second-order valence-corrected chi connectivity index (χ2v) is 3.51. The molecule has 0 bridgehead atoms. The highest BCUT2D eigenvalue weighted by molar-refractivity contribution is 6.33. The molecule has 0 saturated carbocycles. The molecule has 4 heteroatoms. The Morgan fingerprint density at radius 3 is 2.79 bits per heavy atom. The summed E-state index contributed by atoms with van der Waals surface area (Å²) < 4.78 is 0. The maximum absolute atomic E-state index is 10.3. The lowest BCUT2D eigenvalue weighted by molar-refractivity contribution is -0.137. The van der Waals surface area contributed by atoms with Gasteiger partial charge in [0, 0.05) is 6.42 Å². The highest BCUT2D eigenvalue weighted by Gasteiger charge is 2.00. The first-order chi connectivity index (χ1) is 6.59. The first-order valence-corrected chi connectivity index (χ1v) is 4.73. The van der Waals surface area contributed by atoms with Crippen LogP contribution in [0.5, 0.6) is 0 Å². The second kappa shape index (κ2) is 4.86. The fourth-order valence-electron chi connectivity index (χ4n) is 1.19. The third kappa shape index (κ3) is 3.26. The molecule has 0 saturated heterocycles. The summed E-state index contributed by atoms with van der Waals surface area (Å²) in [6.45, 7) is 0. The van der Waals surface area contributed by atoms with Crippen LogP contribution in [0, 0.1) is 0 Å². The molecule has 3 nitrogen and oxygen atoms in total. The first kappa shape index (κ1) is 10.9. The number of carbonyl (C=O) groups is 1. The lowest BCUT2D eigenvalue weighted by Crippen LogP contribution is -1.96. The van der Waals surface area contributed by atoms with Gasteiger partial charge in [-0.25, -0.2) is 0 Å². The molecule has 76 valence electrons. The summed E-state index contributed by atoms with van der Waals surface area (Å²) in [5.41, 5.74) is 7.17. The minimum Gasteiger partial charge on any atom is -0.481 e. The number of hydrogen-bond acceptors (Lipinski definition) is 2. The van der Waals surface area contributed by atoms with Gasteiger partial charge in [0.05, 0.1) is 10.7 Å². The smallest absolute Gasteiger partial charge is 0.303 e. The van der Waals surface area contributed by atoms with Gasteiger partial charge < -0.3 is 10.8 Å². The zero-order chi connectivity index (χ0) is 10.6. The van der Waals surface area contributed by atoms with Gasteiger partial charge in [0.1, 0.15) is 0 Å². The van der Waals surface area contributed by atoms with E-state index in [4.69, 9.17) is 22.4 Å². The van der Waals surface area contributed by atoms with Crippen molar-refractivity contribution in [2.75, 3.05) is 5.73 Å². The highest BCUT2D eigenvalue weighted by Crippen LogP contribution is 2.20. The number of carboxylic acids is 1. The lowest BCUT2D eigenvalue weighted by Gasteiger charge is -2.02. The van der Waals surface area contributed by atoms with E-state index in [1.54, 1.807) is 12.1 Å². The maximum Gasteiger partial charge on any atom is 0.303 e. The first-order valence-electron chi connectivity index (χ1n) is 4.35. The van der Waals surface area contributed by atoms with Crippen molar-refractivity contribution in [3.05, 3.63) is 28.8 Å². The van der Waals surface area contributed by atoms with E-state index in [0.717, 1.165) is 5.56 Å². The van der Waals surface area contributed by atoms with Crippen molar-refractivity contribution in [1.82, 2.24) is 0 Å². The molecule has 0 heterocycles. The van der Waals surface area contributed by atoms with Gasteiger partial charge in [-0.05, 0) is 30.5 Å². The highest BCUT2D eigenvalue weighted by atomic mass is 35.5. The van der Waals surface area contributed by atoms with Gasteiger partial charge in [-0.1, -0.05) is 17.7 Å². The molecule has 0 radical (unpaired) electrons. The SMILES string of the molecule is Nc1cc(CCCC(=O)O)ccc1Cl. The van der Waals surface area contributed by atoms with E-state index in [1.165, 1.54) is 0 Å². The zero-order valence-corrected chi connectivity index (χ0v) is 8.42. The molecule has 0 spiro atoms. The molecular formula is C10H12ClNO2. The Morgan fingerprint density at radius 1 is 1.50 bits per heavy atom. The average Bonchev–Trinajstić information content (AvgIpc) is 2.10. The molecule has 0 aliphatic heterocycles. The number of halogens is 1. The summed E-state index contributed by atoms with van der Waals surface area (Å²) >= 11 is 5.75. The molecule has 0 unspecified atom stereocenters. The Labute approximate surface area is 87.5 Å². The summed E-state index contributed by atoms with van der Waals surface area (Å²) in [7, 11) is 0. The van der Waals surface area contributed by atoms with Gasteiger partial charge in [0.25, 0.3) is 0 Å². The van der Waals surface area contributed by atoms with E-state index in [-0.39, 0.29) is 6.42 Å². The van der Waals surface area contributed by atoms with E-state index in [1.807, 2.05) is 6.07 Å². The van der Waals surface area contributed by atoms with Crippen molar-refractivity contribution in [3.63, 3.8) is 0 Å². The Kier molecular flexibility index (Phi) is 3.77. The number of hydrogen-bond donors (Lipinski definition) is 2. The Balaban J connectivity index is 2.51. The zero-order valence-electron chi connectivity index (χ0n) is 7.66. The summed E-state index contributed by atoms with van der Waals surface area (Å²) in [6.07, 6.45) is 1.52. The van der Waals surface area contributed by atoms with Crippen LogP contribution < -0.4 is 5.73 Å². The van der Waals surface area contributed by atoms with Gasteiger partial charge in [0.2, 0.25) is 0 Å². The number of aryl methyl sites for hydroxylation is 1. The number of nitrogen functional groups attached to an aromatic ring is 1. The van der Waals surface area contributed by atoms with Crippen LogP contribution in [0.4, 0.5) is 5.69 Å². The fourth-order valence-corrected chi connectivity index (χ4v) is 1.31. The third-order valence-corrected chi connectivity index (χ3v) is 2.26. The van der Waals surface area contributed by atoms with Crippen LogP contribution in [0.25, 0.3) is 0 Å². The van der Waals surface area contributed by atoms with Gasteiger partial charge in [-0.2, -0.15) is 0 Å². The van der Waals surface area contributed by atoms with E-state index >= 15 is 0 Å². The molecule has 1 aromatic rings. The van der Waals surface area contributed by atoms with Gasteiger partial charge in [-0.3, -0.25) is 4.79 Å². The van der Waals surface area contributed by atoms with Crippen LogP contribution in [0.2, 0.25) is 5.02 Å². The van der Waals surface area contributed by atoms with Crippen LogP contribution >= 0.6 is 11.6 Å². The summed E-state index contributed by atoms with van der Waals surface area (Å²) in [6, 6.07) is 5.37. The number of anilines is 1. The van der Waals surface area contributed by atoms with Crippen molar-refractivity contribution in [2.24, 2.45) is 0 Å². The third-order valence-electron chi connectivity index (χ3n) is 1.92. The predicted molar refractivity (Wildman–Crippen MR) is 56.4 cm³/mol. The molecule has 0 fully saturated rings. The van der Waals surface area contributed by atoms with Gasteiger partial charge >= 0.3 is 5.97 Å². The van der Waals surface area contributed by atoms with E-state index in [0.29, 0.717) is 23.6 Å². The molecular weight excluding hydrogens is 202 g/mol. The van der Waals surface area contributed by atoms with Crippen LogP contribution in [0.1, 0.15) is 18.4 Å². The molecule has 1 aromatic carbocycles. The van der Waals surface area contributed by atoms with E-state index in [9.17, 15) is 4.79 Å². The molecule has 0 amide bonds. The summed E-state index contributed by atoms with van der Waals surface area (Å²) in [4.78, 5) is 10.3. The largest absolute Gasteiger partial charge is 0.481 e. The van der Waals surface area contributed by atoms with Crippen molar-refractivity contribution in [2.45, 2.75) is 19.3 Å².